The zero-order valence-corrected chi connectivity index (χ0v) is 27.3. The number of aliphatic hydroxyl groups is 1. The summed E-state index contributed by atoms with van der Waals surface area (Å²) in [5, 5.41) is 9.04. The fourth-order valence-corrected chi connectivity index (χ4v) is 6.01. The Bertz CT molecular complexity index is 1650. The van der Waals surface area contributed by atoms with Crippen LogP contribution >= 0.6 is 31.9 Å². The number of amides is 1. The van der Waals surface area contributed by atoms with Crippen LogP contribution in [0.5, 0.6) is 5.75 Å². The molecule has 1 aliphatic rings. The third-order valence-corrected chi connectivity index (χ3v) is 8.79. The highest BCUT2D eigenvalue weighted by Crippen LogP contribution is 2.45. The SMILES string of the molecule is O=C(NNCCc1cc(F)cc(F)c1)[C@@]1(Cc2ccccc2Br)N=C(c2ccc(OCCCO)cc2)O[C@H]1c1ccccc1Br. The van der Waals surface area contributed by atoms with Crippen molar-refractivity contribution in [3.63, 3.8) is 0 Å². The van der Waals surface area contributed by atoms with Gasteiger partial charge >= 0.3 is 0 Å². The summed E-state index contributed by atoms with van der Waals surface area (Å²) in [7, 11) is 0. The first-order valence-electron chi connectivity index (χ1n) is 14.4. The quantitative estimate of drug-likeness (QED) is 0.106. The van der Waals surface area contributed by atoms with Crippen LogP contribution < -0.4 is 15.6 Å². The van der Waals surface area contributed by atoms with Gasteiger partial charge in [0.2, 0.25) is 5.90 Å². The fourth-order valence-electron chi connectivity index (χ4n) is 5.09. The first kappa shape index (κ1) is 32.7. The number of nitrogens with one attached hydrogen (secondary N) is 2. The van der Waals surface area contributed by atoms with E-state index in [9.17, 15) is 13.6 Å². The maximum atomic E-state index is 14.3. The Morgan fingerprint density at radius 3 is 2.33 bits per heavy atom. The summed E-state index contributed by atoms with van der Waals surface area (Å²) in [6, 6.07) is 25.7. The molecule has 5 rings (SSSR count). The lowest BCUT2D eigenvalue weighted by molar-refractivity contribution is -0.130. The minimum atomic E-state index is -1.46. The zero-order chi connectivity index (χ0) is 31.8. The number of aliphatic imine (C=N–C) groups is 1. The van der Waals surface area contributed by atoms with Crippen molar-refractivity contribution < 1.29 is 28.2 Å². The van der Waals surface area contributed by atoms with E-state index in [1.807, 2.05) is 60.7 Å². The largest absolute Gasteiger partial charge is 0.494 e. The Kier molecular flexibility index (Phi) is 11.0. The summed E-state index contributed by atoms with van der Waals surface area (Å²) >= 11 is 7.27. The van der Waals surface area contributed by atoms with E-state index in [0.717, 1.165) is 26.1 Å². The number of carbonyl (C=O) groups excluding carboxylic acids is 1. The number of hydrazine groups is 1. The van der Waals surface area contributed by atoms with Crippen LogP contribution in [0, 0.1) is 11.6 Å². The van der Waals surface area contributed by atoms with Gasteiger partial charge in [0.1, 0.15) is 17.4 Å². The Balaban J connectivity index is 1.49. The van der Waals surface area contributed by atoms with Gasteiger partial charge in [-0.1, -0.05) is 68.3 Å². The summed E-state index contributed by atoms with van der Waals surface area (Å²) < 4.78 is 41.2. The number of halogens is 4. The molecule has 0 aliphatic carbocycles. The number of hydrogen-bond donors (Lipinski definition) is 3. The number of rotatable bonds is 13. The highest BCUT2D eigenvalue weighted by molar-refractivity contribution is 9.10. The van der Waals surface area contributed by atoms with Gasteiger partial charge in [0.15, 0.2) is 11.6 Å². The van der Waals surface area contributed by atoms with Gasteiger partial charge in [-0.3, -0.25) is 10.2 Å². The van der Waals surface area contributed by atoms with Gasteiger partial charge in [0.05, 0.1) is 6.61 Å². The van der Waals surface area contributed by atoms with Crippen LogP contribution in [0.2, 0.25) is 0 Å². The second kappa shape index (κ2) is 15.1. The van der Waals surface area contributed by atoms with Crippen LogP contribution in [0.3, 0.4) is 0 Å². The minimum absolute atomic E-state index is 0.0407. The van der Waals surface area contributed by atoms with Gasteiger partial charge in [-0.15, -0.1) is 0 Å². The predicted octanol–water partition coefficient (Wildman–Crippen LogP) is 6.61. The summed E-state index contributed by atoms with van der Waals surface area (Å²) in [5.41, 5.74) is 6.95. The molecule has 1 aliphatic heterocycles. The molecule has 1 heterocycles. The Hall–Kier alpha value is -3.64. The van der Waals surface area contributed by atoms with Crippen LogP contribution in [0.15, 0.2) is 105 Å². The summed E-state index contributed by atoms with van der Waals surface area (Å²) in [6.45, 7) is 0.640. The smallest absolute Gasteiger partial charge is 0.266 e. The first-order chi connectivity index (χ1) is 21.8. The normalized spacial score (nSPS) is 17.4. The number of hydrogen-bond acceptors (Lipinski definition) is 6. The molecule has 0 bridgehead atoms. The average molecular weight is 743 g/mol. The van der Waals surface area contributed by atoms with Crippen LogP contribution in [0.25, 0.3) is 0 Å². The summed E-state index contributed by atoms with van der Waals surface area (Å²) in [5.74, 6) is -0.842. The molecule has 1 amide bonds. The van der Waals surface area contributed by atoms with Crippen molar-refractivity contribution in [1.29, 1.82) is 0 Å². The summed E-state index contributed by atoms with van der Waals surface area (Å²) in [4.78, 5) is 19.3. The molecule has 0 aromatic heterocycles. The highest BCUT2D eigenvalue weighted by Gasteiger charge is 2.54. The Morgan fingerprint density at radius 1 is 0.956 bits per heavy atom. The van der Waals surface area contributed by atoms with E-state index < -0.39 is 29.2 Å². The zero-order valence-electron chi connectivity index (χ0n) is 24.1. The van der Waals surface area contributed by atoms with Gasteiger partial charge in [-0.05, 0) is 66.1 Å². The van der Waals surface area contributed by atoms with Crippen molar-refractivity contribution in [2.75, 3.05) is 19.8 Å². The minimum Gasteiger partial charge on any atom is -0.494 e. The van der Waals surface area contributed by atoms with Crippen LogP contribution in [-0.4, -0.2) is 42.2 Å². The second-order valence-corrected chi connectivity index (χ2v) is 12.2. The second-order valence-electron chi connectivity index (χ2n) is 10.5. The van der Waals surface area contributed by atoms with Crippen LogP contribution in [0.4, 0.5) is 8.78 Å². The van der Waals surface area contributed by atoms with Crippen LogP contribution in [-0.2, 0) is 22.4 Å². The maximum Gasteiger partial charge on any atom is 0.266 e. The third-order valence-electron chi connectivity index (χ3n) is 7.30. The van der Waals surface area contributed by atoms with E-state index in [0.29, 0.717) is 29.9 Å². The standard InChI is InChI=1S/C34H31Br2F2N3O4/c35-29-8-3-1-6-24(29)21-34(33(43)41-39-15-14-22-18-25(37)20-26(38)19-22)31(28-7-2-4-9-30(28)36)45-32(40-34)23-10-12-27(13-11-23)44-17-5-16-42/h1-4,6-13,18-20,31,39,42H,5,14-17,21H2,(H,41,43)/t31-,34-/m0/s1. The molecule has 45 heavy (non-hydrogen) atoms. The Morgan fingerprint density at radius 2 is 1.64 bits per heavy atom. The van der Waals surface area contributed by atoms with Crippen molar-refractivity contribution in [2.45, 2.75) is 30.9 Å². The molecule has 0 radical (unpaired) electrons. The van der Waals surface area contributed by atoms with Gasteiger partial charge < -0.3 is 14.6 Å². The number of ether oxygens (including phenoxy) is 2. The monoisotopic (exact) mass is 741 g/mol. The van der Waals surface area contributed by atoms with E-state index >= 15 is 0 Å². The number of nitrogens with zero attached hydrogens (tertiary/aromatic N) is 1. The molecule has 234 valence electrons. The third kappa shape index (κ3) is 7.96. The van der Waals surface area contributed by atoms with E-state index in [4.69, 9.17) is 19.6 Å². The molecule has 2 atom stereocenters. The lowest BCUT2D eigenvalue weighted by Gasteiger charge is -2.31. The number of benzene rings is 4. The van der Waals surface area contributed by atoms with Crippen molar-refractivity contribution in [3.8, 4) is 5.75 Å². The van der Waals surface area contributed by atoms with Crippen molar-refractivity contribution in [2.24, 2.45) is 4.99 Å². The lowest BCUT2D eigenvalue weighted by Crippen LogP contribution is -2.54. The Labute approximate surface area is 276 Å². The molecular weight excluding hydrogens is 712 g/mol. The van der Waals surface area contributed by atoms with Crippen LogP contribution in [0.1, 0.15) is 34.8 Å². The molecule has 4 aromatic carbocycles. The van der Waals surface area contributed by atoms with Crippen molar-refractivity contribution in [3.05, 3.63) is 134 Å². The molecular formula is C34H31Br2F2N3O4. The van der Waals surface area contributed by atoms with E-state index in [-0.39, 0.29) is 31.9 Å². The lowest BCUT2D eigenvalue weighted by atomic mass is 9.82. The number of carbonyl (C=O) groups is 1. The highest BCUT2D eigenvalue weighted by atomic mass is 79.9. The molecule has 4 aromatic rings. The molecule has 0 saturated carbocycles. The van der Waals surface area contributed by atoms with Gasteiger partial charge in [-0.25, -0.2) is 19.2 Å². The van der Waals surface area contributed by atoms with E-state index in [2.05, 4.69) is 42.7 Å². The van der Waals surface area contributed by atoms with Gasteiger partial charge in [0, 0.05) is 52.1 Å². The average Bonchev–Trinajstić information content (AvgIpc) is 3.41. The predicted molar refractivity (Wildman–Crippen MR) is 175 cm³/mol. The molecule has 0 spiro atoms. The molecule has 7 nitrogen and oxygen atoms in total. The molecule has 0 unspecified atom stereocenters. The summed E-state index contributed by atoms with van der Waals surface area (Å²) in [6.07, 6.45) is 0.159. The van der Waals surface area contributed by atoms with Crippen molar-refractivity contribution in [1.82, 2.24) is 10.9 Å². The molecule has 11 heteroatoms. The topological polar surface area (TPSA) is 92.2 Å². The molecule has 3 N–H and O–H groups in total. The maximum absolute atomic E-state index is 14.3. The fraction of sp³-hybridized carbons (Fsp3) is 0.235. The van der Waals surface area contributed by atoms with Gasteiger partial charge in [0.25, 0.3) is 5.91 Å². The van der Waals surface area contributed by atoms with Gasteiger partial charge in [-0.2, -0.15) is 0 Å². The van der Waals surface area contributed by atoms with Crippen molar-refractivity contribution >= 4 is 43.7 Å². The molecule has 0 fully saturated rings. The first-order valence-corrected chi connectivity index (χ1v) is 15.9. The van der Waals surface area contributed by atoms with E-state index in [1.54, 1.807) is 12.1 Å². The number of aliphatic hydroxyl groups excluding tert-OH is 1. The molecule has 0 saturated heterocycles. The van der Waals surface area contributed by atoms with E-state index in [1.165, 1.54) is 12.1 Å².